The van der Waals surface area contributed by atoms with Crippen molar-refractivity contribution in [3.8, 4) is 28.5 Å². The molecule has 4 rings (SSSR count). The average molecular weight is 449 g/mol. The normalized spacial score (nSPS) is 11.4. The van der Waals surface area contributed by atoms with E-state index in [9.17, 15) is 8.42 Å². The highest BCUT2D eigenvalue weighted by atomic mass is 32.2. The van der Waals surface area contributed by atoms with E-state index in [-0.39, 0.29) is 23.2 Å². The molecule has 0 atom stereocenters. The molecule has 0 saturated heterocycles. The molecule has 1 heterocycles. The first kappa shape index (κ1) is 21.8. The van der Waals surface area contributed by atoms with Gasteiger partial charge in [-0.1, -0.05) is 66.7 Å². The number of ether oxygens (including phenoxy) is 1. The van der Waals surface area contributed by atoms with Crippen molar-refractivity contribution in [3.05, 3.63) is 90.5 Å². The van der Waals surface area contributed by atoms with E-state index < -0.39 is 10.0 Å². The number of rotatable bonds is 9. The summed E-state index contributed by atoms with van der Waals surface area (Å²) in [6, 6.07) is 26.0. The fourth-order valence-corrected chi connectivity index (χ4v) is 4.47. The minimum atomic E-state index is -3.92. The molecule has 0 saturated carbocycles. The molecule has 0 aliphatic carbocycles. The zero-order chi connectivity index (χ0) is 22.4. The SMILES string of the molecule is CCOc1ccccc1CCNS(=O)(=O)c1nc(-c2ccccc2)oc1-c1ccccc1. The van der Waals surface area contributed by atoms with Crippen molar-refractivity contribution in [1.82, 2.24) is 9.71 Å². The van der Waals surface area contributed by atoms with Gasteiger partial charge in [-0.3, -0.25) is 0 Å². The zero-order valence-electron chi connectivity index (χ0n) is 17.7. The highest BCUT2D eigenvalue weighted by Crippen LogP contribution is 2.32. The van der Waals surface area contributed by atoms with Crippen molar-refractivity contribution in [1.29, 1.82) is 0 Å². The van der Waals surface area contributed by atoms with E-state index in [1.54, 1.807) is 12.1 Å². The first-order chi connectivity index (χ1) is 15.6. The minimum Gasteiger partial charge on any atom is -0.494 e. The highest BCUT2D eigenvalue weighted by Gasteiger charge is 2.27. The largest absolute Gasteiger partial charge is 0.494 e. The van der Waals surface area contributed by atoms with E-state index in [4.69, 9.17) is 9.15 Å². The molecule has 0 amide bonds. The molecule has 1 N–H and O–H groups in total. The summed E-state index contributed by atoms with van der Waals surface area (Å²) in [7, 11) is -3.92. The highest BCUT2D eigenvalue weighted by molar-refractivity contribution is 7.89. The van der Waals surface area contributed by atoms with Crippen LogP contribution in [0.4, 0.5) is 0 Å². The van der Waals surface area contributed by atoms with Gasteiger partial charge in [-0.05, 0) is 37.1 Å². The molecule has 0 fully saturated rings. The van der Waals surface area contributed by atoms with Crippen LogP contribution in [0.1, 0.15) is 12.5 Å². The van der Waals surface area contributed by atoms with Crippen LogP contribution in [0.15, 0.2) is 94.4 Å². The van der Waals surface area contributed by atoms with Gasteiger partial charge in [0.25, 0.3) is 10.0 Å². The summed E-state index contributed by atoms with van der Waals surface area (Å²) in [4.78, 5) is 4.36. The molecule has 4 aromatic rings. The van der Waals surface area contributed by atoms with Crippen molar-refractivity contribution >= 4 is 10.0 Å². The van der Waals surface area contributed by atoms with Crippen molar-refractivity contribution in [3.63, 3.8) is 0 Å². The second kappa shape index (κ2) is 9.80. The predicted octanol–water partition coefficient (Wildman–Crippen LogP) is 4.93. The maximum Gasteiger partial charge on any atom is 0.262 e. The summed E-state index contributed by atoms with van der Waals surface area (Å²) >= 11 is 0. The Balaban J connectivity index is 1.62. The summed E-state index contributed by atoms with van der Waals surface area (Å²) in [6.07, 6.45) is 0.486. The van der Waals surface area contributed by atoms with Crippen molar-refractivity contribution in [2.75, 3.05) is 13.2 Å². The maximum atomic E-state index is 13.2. The number of hydrogen-bond acceptors (Lipinski definition) is 5. The summed E-state index contributed by atoms with van der Waals surface area (Å²) < 4.78 is 40.6. The Morgan fingerprint density at radius 1 is 0.875 bits per heavy atom. The molecule has 1 aromatic heterocycles. The van der Waals surface area contributed by atoms with Crippen molar-refractivity contribution in [2.45, 2.75) is 18.4 Å². The lowest BCUT2D eigenvalue weighted by Gasteiger charge is -2.10. The first-order valence-corrected chi connectivity index (χ1v) is 11.9. The lowest BCUT2D eigenvalue weighted by Crippen LogP contribution is -2.27. The summed E-state index contributed by atoms with van der Waals surface area (Å²) in [5, 5.41) is -0.124. The van der Waals surface area contributed by atoms with Crippen LogP contribution in [0.3, 0.4) is 0 Å². The Hall–Kier alpha value is -3.42. The third kappa shape index (κ3) is 4.90. The van der Waals surface area contributed by atoms with Crippen LogP contribution in [0.5, 0.6) is 5.75 Å². The van der Waals surface area contributed by atoms with E-state index in [2.05, 4.69) is 9.71 Å². The number of nitrogens with one attached hydrogen (secondary N) is 1. The number of benzene rings is 3. The van der Waals surface area contributed by atoms with Gasteiger partial charge in [-0.25, -0.2) is 13.1 Å². The second-order valence-corrected chi connectivity index (χ2v) is 8.76. The zero-order valence-corrected chi connectivity index (χ0v) is 18.5. The van der Waals surface area contributed by atoms with E-state index in [1.165, 1.54) is 0 Å². The maximum absolute atomic E-state index is 13.2. The molecule has 3 aromatic carbocycles. The third-order valence-corrected chi connectivity index (χ3v) is 6.24. The quantitative estimate of drug-likeness (QED) is 0.393. The fraction of sp³-hybridized carbons (Fsp3) is 0.160. The Bertz CT molecular complexity index is 1270. The van der Waals surface area contributed by atoms with Crippen LogP contribution in [-0.4, -0.2) is 26.6 Å². The van der Waals surface area contributed by atoms with Gasteiger partial charge < -0.3 is 9.15 Å². The van der Waals surface area contributed by atoms with Crippen LogP contribution in [0.25, 0.3) is 22.8 Å². The topological polar surface area (TPSA) is 81.4 Å². The van der Waals surface area contributed by atoms with Gasteiger partial charge in [0.05, 0.1) is 6.61 Å². The molecular formula is C25H24N2O4S. The Kier molecular flexibility index (Phi) is 6.68. The number of para-hydroxylation sites is 1. The third-order valence-electron chi connectivity index (χ3n) is 4.87. The van der Waals surface area contributed by atoms with Gasteiger partial charge in [0, 0.05) is 17.7 Å². The van der Waals surface area contributed by atoms with Gasteiger partial charge in [0.2, 0.25) is 10.9 Å². The van der Waals surface area contributed by atoms with E-state index in [1.807, 2.05) is 79.7 Å². The summed E-state index contributed by atoms with van der Waals surface area (Å²) in [5.41, 5.74) is 2.28. The lowest BCUT2D eigenvalue weighted by atomic mass is 10.1. The average Bonchev–Trinajstić information content (AvgIpc) is 3.28. The fourth-order valence-electron chi connectivity index (χ4n) is 3.36. The standard InChI is InChI=1S/C25H24N2O4S/c1-2-30-22-16-10-9-11-19(22)17-18-26-32(28,29)25-23(20-12-5-3-6-13-20)31-24(27-25)21-14-7-4-8-15-21/h3-16,26H,2,17-18H2,1H3. The number of aromatic nitrogens is 1. The Morgan fingerprint density at radius 3 is 2.19 bits per heavy atom. The van der Waals surface area contributed by atoms with Crippen LogP contribution >= 0.6 is 0 Å². The molecule has 32 heavy (non-hydrogen) atoms. The number of sulfonamides is 1. The van der Waals surface area contributed by atoms with E-state index >= 15 is 0 Å². The first-order valence-electron chi connectivity index (χ1n) is 10.4. The summed E-state index contributed by atoms with van der Waals surface area (Å²) in [6.45, 7) is 2.66. The van der Waals surface area contributed by atoms with Crippen LogP contribution in [0.2, 0.25) is 0 Å². The molecule has 0 aliphatic rings. The van der Waals surface area contributed by atoms with Crippen LogP contribution < -0.4 is 9.46 Å². The minimum absolute atomic E-state index is 0.124. The van der Waals surface area contributed by atoms with Gasteiger partial charge >= 0.3 is 0 Å². The number of nitrogens with zero attached hydrogens (tertiary/aromatic N) is 1. The second-order valence-electron chi connectivity index (χ2n) is 7.07. The number of hydrogen-bond donors (Lipinski definition) is 1. The van der Waals surface area contributed by atoms with Gasteiger partial charge in [-0.15, -0.1) is 0 Å². The van der Waals surface area contributed by atoms with Crippen LogP contribution in [0, 0.1) is 0 Å². The monoisotopic (exact) mass is 448 g/mol. The smallest absolute Gasteiger partial charge is 0.262 e. The predicted molar refractivity (Wildman–Crippen MR) is 124 cm³/mol. The van der Waals surface area contributed by atoms with Crippen molar-refractivity contribution < 1.29 is 17.6 Å². The van der Waals surface area contributed by atoms with Crippen molar-refractivity contribution in [2.24, 2.45) is 0 Å². The van der Waals surface area contributed by atoms with E-state index in [0.717, 1.165) is 11.3 Å². The van der Waals surface area contributed by atoms with Gasteiger partial charge in [0.1, 0.15) is 5.75 Å². The molecule has 0 unspecified atom stereocenters. The molecule has 0 spiro atoms. The number of oxazole rings is 1. The van der Waals surface area contributed by atoms with Crippen LogP contribution in [-0.2, 0) is 16.4 Å². The summed E-state index contributed by atoms with van der Waals surface area (Å²) in [5.74, 6) is 1.23. The molecule has 6 nitrogen and oxygen atoms in total. The molecule has 0 bridgehead atoms. The molecule has 0 radical (unpaired) electrons. The van der Waals surface area contributed by atoms with E-state index in [0.29, 0.717) is 24.2 Å². The lowest BCUT2D eigenvalue weighted by molar-refractivity contribution is 0.336. The molecule has 7 heteroatoms. The Labute approximate surface area is 188 Å². The Morgan fingerprint density at radius 2 is 1.50 bits per heavy atom. The van der Waals surface area contributed by atoms with Gasteiger partial charge in [0.15, 0.2) is 5.76 Å². The van der Waals surface area contributed by atoms with Gasteiger partial charge in [-0.2, -0.15) is 4.98 Å². The molecular weight excluding hydrogens is 424 g/mol. The molecule has 164 valence electrons. The molecule has 0 aliphatic heterocycles.